The summed E-state index contributed by atoms with van der Waals surface area (Å²) in [5.74, 6) is 0. The molecule has 4 rings (SSSR count). The van der Waals surface area contributed by atoms with Crippen molar-refractivity contribution in [3.63, 3.8) is 0 Å². The van der Waals surface area contributed by atoms with Gasteiger partial charge in [-0.3, -0.25) is 4.40 Å². The number of hydrogen-bond donors (Lipinski definition) is 1. The summed E-state index contributed by atoms with van der Waals surface area (Å²) in [5.41, 5.74) is 10.7. The fourth-order valence-corrected chi connectivity index (χ4v) is 3.41. The minimum absolute atomic E-state index is 0.739. The van der Waals surface area contributed by atoms with E-state index in [0.29, 0.717) is 0 Å². The van der Waals surface area contributed by atoms with Gasteiger partial charge in [-0.25, -0.2) is 4.98 Å². The van der Waals surface area contributed by atoms with Gasteiger partial charge in [0, 0.05) is 27.9 Å². The van der Waals surface area contributed by atoms with Gasteiger partial charge in [-0.2, -0.15) is 0 Å². The maximum atomic E-state index is 5.96. The quantitative estimate of drug-likeness (QED) is 0.529. The molecule has 0 aliphatic heterocycles. The second-order valence-corrected chi connectivity index (χ2v) is 6.30. The number of nitrogens with zero attached hydrogens (tertiary/aromatic N) is 2. The molecule has 0 fully saturated rings. The van der Waals surface area contributed by atoms with Gasteiger partial charge in [0.15, 0.2) is 4.96 Å². The van der Waals surface area contributed by atoms with E-state index in [0.717, 1.165) is 38.2 Å². The lowest BCUT2D eigenvalue weighted by Gasteiger charge is -2.00. The van der Waals surface area contributed by atoms with Crippen molar-refractivity contribution in [3.05, 3.63) is 65.1 Å². The highest BCUT2D eigenvalue weighted by atomic mass is 35.5. The molecular formula is C17H12ClN3S. The minimum atomic E-state index is 0.739. The van der Waals surface area contributed by atoms with Crippen molar-refractivity contribution in [2.45, 2.75) is 0 Å². The Hall–Kier alpha value is -2.30. The molecule has 0 radical (unpaired) electrons. The summed E-state index contributed by atoms with van der Waals surface area (Å²) in [4.78, 5) is 5.66. The first kappa shape index (κ1) is 13.4. The molecule has 0 saturated heterocycles. The average molecular weight is 326 g/mol. The largest absolute Gasteiger partial charge is 0.399 e. The van der Waals surface area contributed by atoms with E-state index in [-0.39, 0.29) is 0 Å². The van der Waals surface area contributed by atoms with E-state index in [2.05, 4.69) is 16.0 Å². The highest BCUT2D eigenvalue weighted by Crippen LogP contribution is 2.30. The van der Waals surface area contributed by atoms with Gasteiger partial charge < -0.3 is 5.73 Å². The molecule has 3 nitrogen and oxygen atoms in total. The average Bonchev–Trinajstić information content (AvgIpc) is 3.09. The zero-order valence-electron chi connectivity index (χ0n) is 11.5. The zero-order valence-corrected chi connectivity index (χ0v) is 13.1. The number of halogens is 1. The van der Waals surface area contributed by atoms with Crippen LogP contribution in [0.15, 0.2) is 60.1 Å². The Balaban J connectivity index is 1.82. The van der Waals surface area contributed by atoms with Gasteiger partial charge in [0.1, 0.15) is 0 Å². The van der Waals surface area contributed by atoms with Crippen LogP contribution in [0, 0.1) is 0 Å². The zero-order chi connectivity index (χ0) is 15.1. The maximum absolute atomic E-state index is 5.96. The molecular weight excluding hydrogens is 314 g/mol. The lowest BCUT2D eigenvalue weighted by atomic mass is 10.1. The SMILES string of the molecule is Nc1ccc(-c2cn3c(-c4ccc(Cl)cc4)csc3n2)cc1. The van der Waals surface area contributed by atoms with E-state index >= 15 is 0 Å². The molecule has 4 aromatic rings. The first-order valence-corrected chi connectivity index (χ1v) is 8.05. The number of anilines is 1. The molecule has 0 atom stereocenters. The fourth-order valence-electron chi connectivity index (χ4n) is 2.41. The van der Waals surface area contributed by atoms with E-state index in [1.165, 1.54) is 0 Å². The number of hydrogen-bond acceptors (Lipinski definition) is 3. The Morgan fingerprint density at radius 2 is 1.64 bits per heavy atom. The first-order valence-electron chi connectivity index (χ1n) is 6.79. The number of benzene rings is 2. The van der Waals surface area contributed by atoms with Crippen molar-refractivity contribution < 1.29 is 0 Å². The second-order valence-electron chi connectivity index (χ2n) is 5.03. The molecule has 2 N–H and O–H groups in total. The normalized spacial score (nSPS) is 11.1. The number of imidazole rings is 1. The molecule has 5 heteroatoms. The Kier molecular flexibility index (Phi) is 3.13. The Morgan fingerprint density at radius 3 is 2.36 bits per heavy atom. The van der Waals surface area contributed by atoms with E-state index < -0.39 is 0 Å². The molecule has 0 unspecified atom stereocenters. The maximum Gasteiger partial charge on any atom is 0.194 e. The van der Waals surface area contributed by atoms with Crippen molar-refractivity contribution in [3.8, 4) is 22.5 Å². The molecule has 22 heavy (non-hydrogen) atoms. The smallest absolute Gasteiger partial charge is 0.194 e. The lowest BCUT2D eigenvalue weighted by Crippen LogP contribution is -1.84. The molecule has 0 amide bonds. The molecule has 2 heterocycles. The first-order chi connectivity index (χ1) is 10.7. The van der Waals surface area contributed by atoms with Crippen LogP contribution in [0.5, 0.6) is 0 Å². The summed E-state index contributed by atoms with van der Waals surface area (Å²) in [6, 6.07) is 15.6. The van der Waals surface area contributed by atoms with Gasteiger partial charge in [-0.1, -0.05) is 35.9 Å². The number of nitrogen functional groups attached to an aromatic ring is 1. The highest BCUT2D eigenvalue weighted by Gasteiger charge is 2.11. The number of nitrogens with two attached hydrogens (primary N) is 1. The topological polar surface area (TPSA) is 43.3 Å². The van der Waals surface area contributed by atoms with E-state index in [4.69, 9.17) is 22.3 Å². The predicted molar refractivity (Wildman–Crippen MR) is 93.4 cm³/mol. The summed E-state index contributed by atoms with van der Waals surface area (Å²) in [6.07, 6.45) is 2.06. The van der Waals surface area contributed by atoms with Gasteiger partial charge in [-0.05, 0) is 29.8 Å². The van der Waals surface area contributed by atoms with Crippen LogP contribution < -0.4 is 5.73 Å². The summed E-state index contributed by atoms with van der Waals surface area (Å²) >= 11 is 7.59. The van der Waals surface area contributed by atoms with E-state index in [1.807, 2.05) is 48.5 Å². The van der Waals surface area contributed by atoms with E-state index in [1.54, 1.807) is 11.3 Å². The number of aromatic nitrogens is 2. The molecule has 0 spiro atoms. The molecule has 108 valence electrons. The van der Waals surface area contributed by atoms with Crippen molar-refractivity contribution in [1.82, 2.24) is 9.38 Å². The van der Waals surface area contributed by atoms with Crippen LogP contribution in [0.2, 0.25) is 5.02 Å². The number of fused-ring (bicyclic) bond motifs is 1. The van der Waals surface area contributed by atoms with Crippen LogP contribution in [-0.2, 0) is 0 Å². The van der Waals surface area contributed by atoms with Crippen LogP contribution in [-0.4, -0.2) is 9.38 Å². The Labute approximate surface area is 136 Å². The summed E-state index contributed by atoms with van der Waals surface area (Å²) in [5, 5.41) is 2.85. The molecule has 0 bridgehead atoms. The van der Waals surface area contributed by atoms with Crippen LogP contribution in [0.3, 0.4) is 0 Å². The summed E-state index contributed by atoms with van der Waals surface area (Å²) in [6.45, 7) is 0. The fraction of sp³-hybridized carbons (Fsp3) is 0. The van der Waals surface area contributed by atoms with Crippen molar-refractivity contribution >= 4 is 33.6 Å². The third kappa shape index (κ3) is 2.26. The molecule has 2 aromatic heterocycles. The van der Waals surface area contributed by atoms with Crippen molar-refractivity contribution in [2.75, 3.05) is 5.73 Å². The lowest BCUT2D eigenvalue weighted by molar-refractivity contribution is 1.24. The predicted octanol–water partition coefficient (Wildman–Crippen LogP) is 4.97. The summed E-state index contributed by atoms with van der Waals surface area (Å²) < 4.78 is 2.11. The number of rotatable bonds is 2. The van der Waals surface area contributed by atoms with Crippen LogP contribution >= 0.6 is 22.9 Å². The molecule has 0 aliphatic rings. The minimum Gasteiger partial charge on any atom is -0.399 e. The van der Waals surface area contributed by atoms with Crippen LogP contribution in [0.4, 0.5) is 5.69 Å². The van der Waals surface area contributed by atoms with Gasteiger partial charge in [-0.15, -0.1) is 11.3 Å². The monoisotopic (exact) mass is 325 g/mol. The molecule has 0 saturated carbocycles. The third-order valence-corrected chi connectivity index (χ3v) is 4.65. The van der Waals surface area contributed by atoms with Gasteiger partial charge in [0.25, 0.3) is 0 Å². The number of thiazole rings is 1. The molecule has 2 aromatic carbocycles. The van der Waals surface area contributed by atoms with Crippen LogP contribution in [0.1, 0.15) is 0 Å². The highest BCUT2D eigenvalue weighted by molar-refractivity contribution is 7.15. The Bertz CT molecular complexity index is 936. The third-order valence-electron chi connectivity index (χ3n) is 3.56. The van der Waals surface area contributed by atoms with Gasteiger partial charge >= 0.3 is 0 Å². The van der Waals surface area contributed by atoms with Crippen molar-refractivity contribution in [1.29, 1.82) is 0 Å². The standard InChI is InChI=1S/C17H12ClN3S/c18-13-5-1-12(2-6-13)16-10-22-17-20-15(9-21(16)17)11-3-7-14(19)8-4-11/h1-10H,19H2. The van der Waals surface area contributed by atoms with Gasteiger partial charge in [0.2, 0.25) is 0 Å². The summed E-state index contributed by atoms with van der Waals surface area (Å²) in [7, 11) is 0. The second kappa shape index (κ2) is 5.16. The van der Waals surface area contributed by atoms with E-state index in [9.17, 15) is 0 Å². The van der Waals surface area contributed by atoms with Crippen molar-refractivity contribution in [2.24, 2.45) is 0 Å². The van der Waals surface area contributed by atoms with Crippen LogP contribution in [0.25, 0.3) is 27.5 Å². The molecule has 0 aliphatic carbocycles. The van der Waals surface area contributed by atoms with Gasteiger partial charge in [0.05, 0.1) is 11.4 Å². The Morgan fingerprint density at radius 1 is 0.955 bits per heavy atom.